The maximum atomic E-state index is 11.1. The van der Waals surface area contributed by atoms with Crippen LogP contribution in [0.2, 0.25) is 0 Å². The summed E-state index contributed by atoms with van der Waals surface area (Å²) >= 11 is 0. The molecular formula is C12H12N4O3. The molecule has 19 heavy (non-hydrogen) atoms. The topological polar surface area (TPSA) is 97.2 Å². The number of rotatable bonds is 4. The number of hydrogen-bond donors (Lipinski definition) is 2. The Balaban J connectivity index is 2.24. The van der Waals surface area contributed by atoms with Gasteiger partial charge in [-0.15, -0.1) is 0 Å². The van der Waals surface area contributed by atoms with Crippen molar-refractivity contribution in [3.05, 3.63) is 40.4 Å². The normalized spacial score (nSPS) is 10.2. The summed E-state index contributed by atoms with van der Waals surface area (Å²) in [7, 11) is 1.55. The number of carbonyl (C=O) groups excluding carboxylic acids is 1. The van der Waals surface area contributed by atoms with E-state index in [9.17, 15) is 14.9 Å². The van der Waals surface area contributed by atoms with Crippen molar-refractivity contribution in [2.75, 3.05) is 18.9 Å². The van der Waals surface area contributed by atoms with Gasteiger partial charge in [-0.25, -0.2) is 4.98 Å². The minimum atomic E-state index is -0.447. The Kier molecular flexibility index (Phi) is 3.56. The molecule has 0 saturated heterocycles. The van der Waals surface area contributed by atoms with Gasteiger partial charge < -0.3 is 10.6 Å². The summed E-state index contributed by atoms with van der Waals surface area (Å²) in [5, 5.41) is 16.7. The second-order valence-electron chi connectivity index (χ2n) is 3.86. The lowest BCUT2D eigenvalue weighted by atomic mass is 10.2. The van der Waals surface area contributed by atoms with E-state index >= 15 is 0 Å². The van der Waals surface area contributed by atoms with Crippen molar-refractivity contribution in [3.8, 4) is 0 Å². The fourth-order valence-corrected chi connectivity index (χ4v) is 1.58. The molecule has 0 unspecified atom stereocenters. The number of anilines is 1. The lowest BCUT2D eigenvalue weighted by molar-refractivity contribution is -0.384. The number of nitrogens with one attached hydrogen (secondary N) is 2. The molecule has 0 radical (unpaired) electrons. The number of amides is 1. The van der Waals surface area contributed by atoms with Gasteiger partial charge in [-0.2, -0.15) is 0 Å². The molecule has 1 aromatic carbocycles. The van der Waals surface area contributed by atoms with E-state index in [0.29, 0.717) is 16.7 Å². The second kappa shape index (κ2) is 5.30. The van der Waals surface area contributed by atoms with Crippen molar-refractivity contribution in [1.82, 2.24) is 10.3 Å². The minimum absolute atomic E-state index is 0.0281. The highest BCUT2D eigenvalue weighted by Gasteiger charge is 2.07. The number of aromatic nitrogens is 1. The smallest absolute Gasteiger partial charge is 0.270 e. The number of likely N-dealkylation sites (N-methyl/N-ethyl adjacent to an activating group) is 1. The number of nitro groups is 1. The highest BCUT2D eigenvalue weighted by atomic mass is 16.6. The Morgan fingerprint density at radius 1 is 1.37 bits per heavy atom. The van der Waals surface area contributed by atoms with E-state index in [1.54, 1.807) is 25.2 Å². The predicted octanol–water partition coefficient (Wildman–Crippen LogP) is 1.30. The monoisotopic (exact) mass is 260 g/mol. The number of carbonyl (C=O) groups is 1. The Morgan fingerprint density at radius 3 is 2.84 bits per heavy atom. The molecule has 0 atom stereocenters. The number of benzene rings is 1. The minimum Gasteiger partial charge on any atom is -0.361 e. The summed E-state index contributed by atoms with van der Waals surface area (Å²) in [6.45, 7) is 0.127. The van der Waals surface area contributed by atoms with E-state index < -0.39 is 4.92 Å². The van der Waals surface area contributed by atoms with Crippen LogP contribution in [0.5, 0.6) is 0 Å². The molecule has 7 nitrogen and oxygen atoms in total. The number of fused-ring (bicyclic) bond motifs is 1. The van der Waals surface area contributed by atoms with E-state index in [4.69, 9.17) is 0 Å². The van der Waals surface area contributed by atoms with Gasteiger partial charge in [0, 0.05) is 24.6 Å². The van der Waals surface area contributed by atoms with Crippen LogP contribution in [0.25, 0.3) is 10.9 Å². The zero-order chi connectivity index (χ0) is 13.8. The highest BCUT2D eigenvalue weighted by Crippen LogP contribution is 2.20. The molecular weight excluding hydrogens is 248 g/mol. The zero-order valence-electron chi connectivity index (χ0n) is 10.2. The highest BCUT2D eigenvalue weighted by molar-refractivity contribution is 5.84. The van der Waals surface area contributed by atoms with Gasteiger partial charge >= 0.3 is 0 Å². The fraction of sp³-hybridized carbons (Fsp3) is 0.167. The van der Waals surface area contributed by atoms with Crippen LogP contribution in [0.15, 0.2) is 30.3 Å². The Bertz CT molecular complexity index is 642. The van der Waals surface area contributed by atoms with E-state index in [-0.39, 0.29) is 18.1 Å². The van der Waals surface area contributed by atoms with Gasteiger partial charge in [0.1, 0.15) is 5.82 Å². The maximum Gasteiger partial charge on any atom is 0.270 e. The predicted molar refractivity (Wildman–Crippen MR) is 71.0 cm³/mol. The quantitative estimate of drug-likeness (QED) is 0.638. The van der Waals surface area contributed by atoms with E-state index in [1.165, 1.54) is 12.1 Å². The Morgan fingerprint density at radius 2 is 2.16 bits per heavy atom. The van der Waals surface area contributed by atoms with E-state index in [2.05, 4.69) is 15.6 Å². The molecule has 0 aliphatic rings. The van der Waals surface area contributed by atoms with Gasteiger partial charge in [-0.3, -0.25) is 14.9 Å². The molecule has 1 heterocycles. The molecule has 0 aliphatic carbocycles. The third-order valence-electron chi connectivity index (χ3n) is 2.59. The molecule has 0 aliphatic heterocycles. The molecule has 0 saturated carbocycles. The van der Waals surface area contributed by atoms with Gasteiger partial charge in [0.05, 0.1) is 17.0 Å². The SMILES string of the molecule is CNC(=O)CNc1ccc2cc([N+](=O)[O-])ccc2n1. The second-order valence-corrected chi connectivity index (χ2v) is 3.86. The van der Waals surface area contributed by atoms with Crippen LogP contribution in [0.3, 0.4) is 0 Å². The van der Waals surface area contributed by atoms with E-state index in [1.807, 2.05) is 0 Å². The van der Waals surface area contributed by atoms with Crippen LogP contribution >= 0.6 is 0 Å². The van der Waals surface area contributed by atoms with Crippen LogP contribution < -0.4 is 10.6 Å². The average molecular weight is 260 g/mol. The van der Waals surface area contributed by atoms with Crippen molar-refractivity contribution in [2.45, 2.75) is 0 Å². The van der Waals surface area contributed by atoms with Gasteiger partial charge in [-0.1, -0.05) is 0 Å². The van der Waals surface area contributed by atoms with Crippen LogP contribution in [0.1, 0.15) is 0 Å². The molecule has 1 amide bonds. The van der Waals surface area contributed by atoms with Crippen molar-refractivity contribution in [2.24, 2.45) is 0 Å². The first-order chi connectivity index (χ1) is 9.10. The average Bonchev–Trinajstić information content (AvgIpc) is 2.43. The summed E-state index contributed by atoms with van der Waals surface area (Å²) in [5.41, 5.74) is 0.660. The molecule has 2 rings (SSSR count). The fourth-order valence-electron chi connectivity index (χ4n) is 1.58. The van der Waals surface area contributed by atoms with Crippen LogP contribution in [0.4, 0.5) is 11.5 Å². The van der Waals surface area contributed by atoms with Crippen LogP contribution in [-0.4, -0.2) is 29.4 Å². The van der Waals surface area contributed by atoms with Crippen LogP contribution in [0, 0.1) is 10.1 Å². The summed E-state index contributed by atoms with van der Waals surface area (Å²) < 4.78 is 0. The third kappa shape index (κ3) is 2.95. The lowest BCUT2D eigenvalue weighted by Crippen LogP contribution is -2.26. The molecule has 2 aromatic rings. The largest absolute Gasteiger partial charge is 0.361 e. The first kappa shape index (κ1) is 12.7. The van der Waals surface area contributed by atoms with Crippen molar-refractivity contribution in [3.63, 3.8) is 0 Å². The first-order valence-corrected chi connectivity index (χ1v) is 5.60. The molecule has 0 fully saturated rings. The first-order valence-electron chi connectivity index (χ1n) is 5.60. The molecule has 2 N–H and O–H groups in total. The molecule has 0 bridgehead atoms. The van der Waals surface area contributed by atoms with Crippen molar-refractivity contribution >= 4 is 28.3 Å². The van der Waals surface area contributed by atoms with Crippen LogP contribution in [-0.2, 0) is 4.79 Å². The zero-order valence-corrected chi connectivity index (χ0v) is 10.2. The van der Waals surface area contributed by atoms with Crippen molar-refractivity contribution < 1.29 is 9.72 Å². The van der Waals surface area contributed by atoms with Gasteiger partial charge in [0.25, 0.3) is 5.69 Å². The molecule has 98 valence electrons. The third-order valence-corrected chi connectivity index (χ3v) is 2.59. The summed E-state index contributed by atoms with van der Waals surface area (Å²) in [6, 6.07) is 7.85. The van der Waals surface area contributed by atoms with Gasteiger partial charge in [0.2, 0.25) is 5.91 Å². The van der Waals surface area contributed by atoms with E-state index in [0.717, 1.165) is 0 Å². The number of pyridine rings is 1. The Hall–Kier alpha value is -2.70. The van der Waals surface area contributed by atoms with Gasteiger partial charge in [0.15, 0.2) is 0 Å². The molecule has 0 spiro atoms. The summed E-state index contributed by atoms with van der Waals surface area (Å²) in [6.07, 6.45) is 0. The lowest BCUT2D eigenvalue weighted by Gasteiger charge is -2.05. The number of nitro benzene ring substituents is 1. The maximum absolute atomic E-state index is 11.1. The Labute approximate surface area is 108 Å². The number of hydrogen-bond acceptors (Lipinski definition) is 5. The standard InChI is InChI=1S/C12H12N4O3/c1-13-12(17)7-14-11-5-2-8-6-9(16(18)19)3-4-10(8)15-11/h2-6H,7H2,1H3,(H,13,17)(H,14,15). The molecule has 1 aromatic heterocycles. The number of nitrogens with zero attached hydrogens (tertiary/aromatic N) is 2. The summed E-state index contributed by atoms with van der Waals surface area (Å²) in [5.74, 6) is 0.399. The van der Waals surface area contributed by atoms with Gasteiger partial charge in [-0.05, 0) is 18.2 Å². The molecule has 7 heteroatoms. The van der Waals surface area contributed by atoms with Crippen molar-refractivity contribution in [1.29, 1.82) is 0 Å². The summed E-state index contributed by atoms with van der Waals surface area (Å²) in [4.78, 5) is 25.6. The number of non-ortho nitro benzene ring substituents is 1.